The van der Waals surface area contributed by atoms with Gasteiger partial charge < -0.3 is 10.1 Å². The molecule has 0 saturated carbocycles. The molecule has 0 amide bonds. The summed E-state index contributed by atoms with van der Waals surface area (Å²) in [6, 6.07) is 0. The predicted octanol–water partition coefficient (Wildman–Crippen LogP) is 1.08. The van der Waals surface area contributed by atoms with E-state index in [4.69, 9.17) is 4.74 Å². The molecule has 1 aromatic heterocycles. The van der Waals surface area contributed by atoms with Crippen molar-refractivity contribution in [3.8, 4) is 0 Å². The molecule has 0 radical (unpaired) electrons. The van der Waals surface area contributed by atoms with E-state index in [0.717, 1.165) is 52.2 Å². The van der Waals surface area contributed by atoms with Gasteiger partial charge in [0, 0.05) is 45.2 Å². The summed E-state index contributed by atoms with van der Waals surface area (Å²) >= 11 is 0. The van der Waals surface area contributed by atoms with Crippen LogP contribution in [0.2, 0.25) is 0 Å². The Morgan fingerprint density at radius 2 is 1.94 bits per heavy atom. The Labute approximate surface area is 109 Å². The standard InChI is InChI=1S/C13H25N3O2/c1-3-15-10-11-16(13(15)17)9-8-14-7-5-6-12-18-4-2/h10-11,14H,3-9,12H2,1-2H3. The summed E-state index contributed by atoms with van der Waals surface area (Å²) in [5, 5.41) is 3.34. The molecule has 5 nitrogen and oxygen atoms in total. The van der Waals surface area contributed by atoms with Gasteiger partial charge in [0.2, 0.25) is 0 Å². The Kier molecular flexibility index (Phi) is 7.44. The average molecular weight is 255 g/mol. The van der Waals surface area contributed by atoms with Crippen molar-refractivity contribution in [2.75, 3.05) is 26.3 Å². The maximum absolute atomic E-state index is 11.7. The van der Waals surface area contributed by atoms with E-state index in [1.54, 1.807) is 9.13 Å². The Morgan fingerprint density at radius 3 is 2.61 bits per heavy atom. The van der Waals surface area contributed by atoms with Gasteiger partial charge in [0.1, 0.15) is 0 Å². The van der Waals surface area contributed by atoms with E-state index >= 15 is 0 Å². The monoisotopic (exact) mass is 255 g/mol. The highest BCUT2D eigenvalue weighted by Gasteiger charge is 2.00. The van der Waals surface area contributed by atoms with Crippen molar-refractivity contribution in [1.29, 1.82) is 0 Å². The van der Waals surface area contributed by atoms with Crippen molar-refractivity contribution in [3.05, 3.63) is 22.9 Å². The average Bonchev–Trinajstić information content (AvgIpc) is 2.73. The molecule has 0 aliphatic carbocycles. The molecule has 1 N–H and O–H groups in total. The summed E-state index contributed by atoms with van der Waals surface area (Å²) in [7, 11) is 0. The molecular formula is C13H25N3O2. The summed E-state index contributed by atoms with van der Waals surface area (Å²) in [6.45, 7) is 8.91. The summed E-state index contributed by atoms with van der Waals surface area (Å²) < 4.78 is 8.72. The summed E-state index contributed by atoms with van der Waals surface area (Å²) in [4.78, 5) is 11.7. The molecule has 0 spiro atoms. The van der Waals surface area contributed by atoms with Crippen LogP contribution in [0.3, 0.4) is 0 Å². The third-order valence-corrected chi connectivity index (χ3v) is 2.88. The third kappa shape index (κ3) is 5.06. The summed E-state index contributed by atoms with van der Waals surface area (Å²) in [5.74, 6) is 0. The Morgan fingerprint density at radius 1 is 1.17 bits per heavy atom. The van der Waals surface area contributed by atoms with Gasteiger partial charge in [-0.2, -0.15) is 0 Å². The van der Waals surface area contributed by atoms with E-state index in [2.05, 4.69) is 5.32 Å². The number of nitrogens with zero attached hydrogens (tertiary/aromatic N) is 2. The molecule has 0 aliphatic rings. The van der Waals surface area contributed by atoms with Crippen molar-refractivity contribution in [2.24, 2.45) is 0 Å². The Hall–Kier alpha value is -1.07. The predicted molar refractivity (Wildman–Crippen MR) is 73.0 cm³/mol. The lowest BCUT2D eigenvalue weighted by atomic mass is 10.3. The molecule has 0 saturated heterocycles. The quantitative estimate of drug-likeness (QED) is 0.636. The SMILES string of the molecule is CCOCCCCNCCn1ccn(CC)c1=O. The van der Waals surface area contributed by atoms with Crippen LogP contribution < -0.4 is 11.0 Å². The number of ether oxygens (including phenoxy) is 1. The number of rotatable bonds is 10. The van der Waals surface area contributed by atoms with Crippen LogP contribution >= 0.6 is 0 Å². The number of hydrogen-bond donors (Lipinski definition) is 1. The van der Waals surface area contributed by atoms with Gasteiger partial charge in [0.05, 0.1) is 0 Å². The van der Waals surface area contributed by atoms with E-state index < -0.39 is 0 Å². The van der Waals surface area contributed by atoms with Gasteiger partial charge >= 0.3 is 5.69 Å². The van der Waals surface area contributed by atoms with Crippen LogP contribution in [-0.4, -0.2) is 35.4 Å². The largest absolute Gasteiger partial charge is 0.382 e. The van der Waals surface area contributed by atoms with E-state index in [1.807, 2.05) is 26.2 Å². The van der Waals surface area contributed by atoms with Crippen molar-refractivity contribution in [2.45, 2.75) is 39.8 Å². The molecule has 0 aliphatic heterocycles. The first-order valence-corrected chi connectivity index (χ1v) is 6.83. The molecule has 0 atom stereocenters. The van der Waals surface area contributed by atoms with Crippen molar-refractivity contribution >= 4 is 0 Å². The number of imidazole rings is 1. The summed E-state index contributed by atoms with van der Waals surface area (Å²) in [5.41, 5.74) is 0.0793. The van der Waals surface area contributed by atoms with Gasteiger partial charge in [0.15, 0.2) is 0 Å². The highest BCUT2D eigenvalue weighted by molar-refractivity contribution is 4.81. The van der Waals surface area contributed by atoms with Crippen LogP contribution in [0.25, 0.3) is 0 Å². The summed E-state index contributed by atoms with van der Waals surface area (Å²) in [6.07, 6.45) is 5.89. The molecule has 0 bridgehead atoms. The number of aromatic nitrogens is 2. The van der Waals surface area contributed by atoms with Gasteiger partial charge in [-0.3, -0.25) is 9.13 Å². The normalized spacial score (nSPS) is 11.0. The molecule has 5 heteroatoms. The highest BCUT2D eigenvalue weighted by atomic mass is 16.5. The van der Waals surface area contributed by atoms with Gasteiger partial charge in [0.25, 0.3) is 0 Å². The maximum atomic E-state index is 11.7. The molecule has 1 heterocycles. The minimum Gasteiger partial charge on any atom is -0.382 e. The molecule has 0 aromatic carbocycles. The molecule has 1 rings (SSSR count). The first kappa shape index (κ1) is 15.0. The van der Waals surface area contributed by atoms with Crippen LogP contribution in [-0.2, 0) is 17.8 Å². The number of hydrogen-bond acceptors (Lipinski definition) is 3. The second kappa shape index (κ2) is 8.94. The fourth-order valence-corrected chi connectivity index (χ4v) is 1.79. The third-order valence-electron chi connectivity index (χ3n) is 2.88. The number of nitrogens with one attached hydrogen (secondary N) is 1. The smallest absolute Gasteiger partial charge is 0.328 e. The maximum Gasteiger partial charge on any atom is 0.328 e. The van der Waals surface area contributed by atoms with Crippen LogP contribution in [0, 0.1) is 0 Å². The van der Waals surface area contributed by atoms with E-state index in [1.165, 1.54) is 0 Å². The Balaban J connectivity index is 2.07. The Bertz CT molecular complexity index is 371. The molecule has 0 fully saturated rings. The van der Waals surface area contributed by atoms with Gasteiger partial charge in [-0.1, -0.05) is 0 Å². The van der Waals surface area contributed by atoms with Gasteiger partial charge in [-0.15, -0.1) is 0 Å². The topological polar surface area (TPSA) is 48.2 Å². The second-order valence-electron chi connectivity index (χ2n) is 4.21. The zero-order chi connectivity index (χ0) is 13.2. The number of aryl methyl sites for hydroxylation is 1. The first-order chi connectivity index (χ1) is 8.79. The first-order valence-electron chi connectivity index (χ1n) is 6.83. The van der Waals surface area contributed by atoms with E-state index in [0.29, 0.717) is 0 Å². The van der Waals surface area contributed by atoms with Crippen LogP contribution in [0.4, 0.5) is 0 Å². The van der Waals surface area contributed by atoms with Crippen molar-refractivity contribution in [3.63, 3.8) is 0 Å². The molecule has 0 unspecified atom stereocenters. The fraction of sp³-hybridized carbons (Fsp3) is 0.769. The lowest BCUT2D eigenvalue weighted by molar-refractivity contribution is 0.143. The van der Waals surface area contributed by atoms with Gasteiger partial charge in [-0.25, -0.2) is 4.79 Å². The van der Waals surface area contributed by atoms with E-state index in [-0.39, 0.29) is 5.69 Å². The number of unbranched alkanes of at least 4 members (excludes halogenated alkanes) is 1. The minimum absolute atomic E-state index is 0.0793. The van der Waals surface area contributed by atoms with Crippen LogP contribution in [0.1, 0.15) is 26.7 Å². The minimum atomic E-state index is 0.0793. The zero-order valence-electron chi connectivity index (χ0n) is 11.5. The molecule has 18 heavy (non-hydrogen) atoms. The molecular weight excluding hydrogens is 230 g/mol. The lowest BCUT2D eigenvalue weighted by Crippen LogP contribution is -2.28. The molecule has 1 aromatic rings. The fourth-order valence-electron chi connectivity index (χ4n) is 1.79. The molecule has 104 valence electrons. The second-order valence-corrected chi connectivity index (χ2v) is 4.21. The highest BCUT2D eigenvalue weighted by Crippen LogP contribution is 1.89. The van der Waals surface area contributed by atoms with Crippen molar-refractivity contribution in [1.82, 2.24) is 14.5 Å². The zero-order valence-corrected chi connectivity index (χ0v) is 11.5. The van der Waals surface area contributed by atoms with Crippen LogP contribution in [0.5, 0.6) is 0 Å². The van der Waals surface area contributed by atoms with E-state index in [9.17, 15) is 4.79 Å². The van der Waals surface area contributed by atoms with Gasteiger partial charge in [-0.05, 0) is 33.2 Å². The van der Waals surface area contributed by atoms with Crippen molar-refractivity contribution < 1.29 is 4.74 Å². The van der Waals surface area contributed by atoms with Crippen LogP contribution in [0.15, 0.2) is 17.2 Å². The lowest BCUT2D eigenvalue weighted by Gasteiger charge is -2.05.